The van der Waals surface area contributed by atoms with Crippen molar-refractivity contribution in [1.82, 2.24) is 0 Å². The highest BCUT2D eigenvalue weighted by Gasteiger charge is 2.51. The zero-order chi connectivity index (χ0) is 33.1. The van der Waals surface area contributed by atoms with Crippen LogP contribution in [-0.4, -0.2) is 0 Å². The van der Waals surface area contributed by atoms with Crippen LogP contribution in [0.3, 0.4) is 0 Å². The van der Waals surface area contributed by atoms with Crippen LogP contribution in [0.25, 0.3) is 21.9 Å². The van der Waals surface area contributed by atoms with Crippen LogP contribution in [0.15, 0.2) is 194 Å². The van der Waals surface area contributed by atoms with Crippen LogP contribution in [0.2, 0.25) is 0 Å². The van der Waals surface area contributed by atoms with Gasteiger partial charge in [0.25, 0.3) is 0 Å². The maximum Gasteiger partial charge on any atom is 0.0725 e. The second kappa shape index (κ2) is 11.5. The summed E-state index contributed by atoms with van der Waals surface area (Å²) < 4.78 is 0. The van der Waals surface area contributed by atoms with E-state index in [1.807, 2.05) is 0 Å². The Morgan fingerprint density at radius 1 is 0.440 bits per heavy atom. The van der Waals surface area contributed by atoms with Gasteiger partial charge in [0.1, 0.15) is 0 Å². The first kappa shape index (κ1) is 28.8. The number of benzene rings is 8. The summed E-state index contributed by atoms with van der Waals surface area (Å²) >= 11 is 0. The number of nitrogens with zero attached hydrogens (tertiary/aromatic N) is 1. The SMILES string of the molecule is c1ccc(C2Cc3ccc(N(c4ccccc4)c4ccccc4)cc3C3(c4ccccc4-c4ccc5ccccc5c43)c3ccccc32)cc1. The van der Waals surface area contributed by atoms with Gasteiger partial charge in [-0.1, -0.05) is 158 Å². The van der Waals surface area contributed by atoms with Gasteiger partial charge >= 0.3 is 0 Å². The third-order valence-corrected chi connectivity index (χ3v) is 11.1. The minimum Gasteiger partial charge on any atom is -0.310 e. The van der Waals surface area contributed by atoms with Gasteiger partial charge < -0.3 is 4.90 Å². The van der Waals surface area contributed by atoms with E-state index in [0.717, 1.165) is 23.5 Å². The number of rotatable bonds is 4. The first-order valence-corrected chi connectivity index (χ1v) is 17.6. The zero-order valence-electron chi connectivity index (χ0n) is 27.7. The molecule has 0 amide bonds. The molecule has 0 bridgehead atoms. The molecule has 0 N–H and O–H groups in total. The molecule has 8 aromatic carbocycles. The molecule has 2 atom stereocenters. The van der Waals surface area contributed by atoms with Crippen molar-refractivity contribution in [3.05, 3.63) is 233 Å². The molecule has 0 aromatic heterocycles. The lowest BCUT2D eigenvalue weighted by atomic mass is 9.65. The summed E-state index contributed by atoms with van der Waals surface area (Å²) in [6, 6.07) is 72.1. The summed E-state index contributed by atoms with van der Waals surface area (Å²) in [5, 5.41) is 2.58. The van der Waals surface area contributed by atoms with Crippen molar-refractivity contribution >= 4 is 27.8 Å². The van der Waals surface area contributed by atoms with Gasteiger partial charge in [0, 0.05) is 23.0 Å². The Balaban J connectivity index is 1.37. The van der Waals surface area contributed by atoms with E-state index in [-0.39, 0.29) is 5.92 Å². The highest BCUT2D eigenvalue weighted by atomic mass is 15.1. The van der Waals surface area contributed by atoms with Gasteiger partial charge in [-0.3, -0.25) is 0 Å². The minimum absolute atomic E-state index is 0.210. The molecule has 0 fully saturated rings. The van der Waals surface area contributed by atoms with Crippen LogP contribution >= 0.6 is 0 Å². The van der Waals surface area contributed by atoms with Crippen molar-refractivity contribution < 1.29 is 0 Å². The van der Waals surface area contributed by atoms with Crippen molar-refractivity contribution in [3.63, 3.8) is 0 Å². The van der Waals surface area contributed by atoms with Gasteiger partial charge in [0.05, 0.1) is 5.41 Å². The molecule has 1 heteroatoms. The van der Waals surface area contributed by atoms with E-state index in [9.17, 15) is 0 Å². The van der Waals surface area contributed by atoms with Crippen molar-refractivity contribution in [3.8, 4) is 11.1 Å². The molecule has 236 valence electrons. The summed E-state index contributed by atoms with van der Waals surface area (Å²) in [5.41, 5.74) is 15.2. The number of anilines is 3. The molecule has 50 heavy (non-hydrogen) atoms. The molecule has 0 saturated carbocycles. The lowest BCUT2D eigenvalue weighted by molar-refractivity contribution is 0.765. The molecule has 1 spiro atoms. The predicted molar refractivity (Wildman–Crippen MR) is 208 cm³/mol. The maximum atomic E-state index is 2.52. The molecule has 0 aliphatic heterocycles. The quantitative estimate of drug-likeness (QED) is 0.186. The van der Waals surface area contributed by atoms with Crippen LogP contribution in [0, 0.1) is 0 Å². The lowest BCUT2D eigenvalue weighted by Gasteiger charge is -2.37. The monoisotopic (exact) mass is 637 g/mol. The number of hydrogen-bond donors (Lipinski definition) is 0. The fraction of sp³-hybridized carbons (Fsp3) is 0.0612. The topological polar surface area (TPSA) is 3.24 Å². The van der Waals surface area contributed by atoms with Crippen LogP contribution < -0.4 is 4.90 Å². The summed E-state index contributed by atoms with van der Waals surface area (Å²) in [7, 11) is 0. The van der Waals surface area contributed by atoms with E-state index in [4.69, 9.17) is 0 Å². The molecule has 8 aromatic rings. The normalized spacial score (nSPS) is 17.0. The third kappa shape index (κ3) is 4.20. The van der Waals surface area contributed by atoms with E-state index >= 15 is 0 Å². The molecular weight excluding hydrogens is 603 g/mol. The smallest absolute Gasteiger partial charge is 0.0725 e. The average Bonchev–Trinajstić information content (AvgIpc) is 3.43. The van der Waals surface area contributed by atoms with Crippen molar-refractivity contribution in [2.75, 3.05) is 4.90 Å². The predicted octanol–water partition coefficient (Wildman–Crippen LogP) is 12.4. The van der Waals surface area contributed by atoms with Gasteiger partial charge in [0.15, 0.2) is 0 Å². The largest absolute Gasteiger partial charge is 0.310 e. The van der Waals surface area contributed by atoms with E-state index in [2.05, 4.69) is 199 Å². The van der Waals surface area contributed by atoms with E-state index in [1.54, 1.807) is 0 Å². The fourth-order valence-electron chi connectivity index (χ4n) is 9.07. The summed E-state index contributed by atoms with van der Waals surface area (Å²) in [6.07, 6.45) is 0.914. The van der Waals surface area contributed by atoms with Crippen LogP contribution in [-0.2, 0) is 11.8 Å². The number of hydrogen-bond acceptors (Lipinski definition) is 1. The first-order valence-electron chi connectivity index (χ1n) is 17.6. The van der Waals surface area contributed by atoms with E-state index in [1.165, 1.54) is 60.8 Å². The Bertz CT molecular complexity index is 2480. The molecule has 1 nitrogen and oxygen atoms in total. The third-order valence-electron chi connectivity index (χ3n) is 11.1. The standard InChI is InChI=1S/C49H35N/c1-4-16-34(17-5-1)44-32-36-28-30-39(50(37-19-6-2-7-20-37)38-21-8-3-9-22-38)33-47(36)49(46-27-15-13-25-42(44)46)45-26-14-12-24-41(45)43-31-29-35-18-10-11-23-40(35)48(43)49/h1-31,33,44H,32H2. The Morgan fingerprint density at radius 3 is 1.82 bits per heavy atom. The van der Waals surface area contributed by atoms with Crippen LogP contribution in [0.4, 0.5) is 17.1 Å². The second-order valence-electron chi connectivity index (χ2n) is 13.6. The molecular formula is C49H35N. The minimum atomic E-state index is -0.530. The number of fused-ring (bicyclic) bond motifs is 11. The van der Waals surface area contributed by atoms with E-state index in [0.29, 0.717) is 0 Å². The second-order valence-corrected chi connectivity index (χ2v) is 13.6. The number of para-hydroxylation sites is 2. The van der Waals surface area contributed by atoms with E-state index < -0.39 is 5.41 Å². The highest BCUT2D eigenvalue weighted by Crippen LogP contribution is 2.62. The molecule has 0 heterocycles. The van der Waals surface area contributed by atoms with Gasteiger partial charge in [-0.25, -0.2) is 0 Å². The van der Waals surface area contributed by atoms with Crippen LogP contribution in [0.5, 0.6) is 0 Å². The summed E-state index contributed by atoms with van der Waals surface area (Å²) in [4.78, 5) is 2.41. The molecule has 10 rings (SSSR count). The first-order chi connectivity index (χ1) is 24.8. The summed E-state index contributed by atoms with van der Waals surface area (Å²) in [5.74, 6) is 0.210. The van der Waals surface area contributed by atoms with Gasteiger partial charge in [0.2, 0.25) is 0 Å². The molecule has 2 unspecified atom stereocenters. The molecule has 0 radical (unpaired) electrons. The highest BCUT2D eigenvalue weighted by molar-refractivity contribution is 6.01. The van der Waals surface area contributed by atoms with Gasteiger partial charge in [-0.2, -0.15) is 0 Å². The molecule has 2 aliphatic rings. The lowest BCUT2D eigenvalue weighted by Crippen LogP contribution is -2.30. The van der Waals surface area contributed by atoms with Crippen molar-refractivity contribution in [1.29, 1.82) is 0 Å². The van der Waals surface area contributed by atoms with Crippen molar-refractivity contribution in [2.24, 2.45) is 0 Å². The Kier molecular flexibility index (Phi) is 6.60. The van der Waals surface area contributed by atoms with Crippen LogP contribution in [0.1, 0.15) is 44.9 Å². The summed E-state index contributed by atoms with van der Waals surface area (Å²) in [6.45, 7) is 0. The molecule has 2 aliphatic carbocycles. The maximum absolute atomic E-state index is 2.52. The average molecular weight is 638 g/mol. The Morgan fingerprint density at radius 2 is 1.06 bits per heavy atom. The van der Waals surface area contributed by atoms with Crippen molar-refractivity contribution in [2.45, 2.75) is 17.8 Å². The molecule has 0 saturated heterocycles. The fourth-order valence-corrected chi connectivity index (χ4v) is 9.07. The Labute approximate surface area is 293 Å². The van der Waals surface area contributed by atoms with Gasteiger partial charge in [-0.15, -0.1) is 0 Å². The van der Waals surface area contributed by atoms with Gasteiger partial charge in [-0.05, 0) is 104 Å². The zero-order valence-corrected chi connectivity index (χ0v) is 27.7. The Hall–Kier alpha value is -6.18.